The van der Waals surface area contributed by atoms with Crippen molar-refractivity contribution in [2.75, 3.05) is 6.26 Å². The summed E-state index contributed by atoms with van der Waals surface area (Å²) in [5.41, 5.74) is 1.06. The Hall–Kier alpha value is -2.67. The minimum atomic E-state index is -3.64. The third-order valence-corrected chi connectivity index (χ3v) is 3.46. The Labute approximate surface area is 126 Å². The van der Waals surface area contributed by atoms with Crippen molar-refractivity contribution >= 4 is 21.1 Å². The van der Waals surface area contributed by atoms with Crippen molar-refractivity contribution in [3.8, 4) is 16.9 Å². The minimum Gasteiger partial charge on any atom is -0.463 e. The highest BCUT2D eigenvalue weighted by molar-refractivity contribution is 7.86. The largest absolute Gasteiger partial charge is 0.463 e. The molecule has 0 amide bonds. The first-order valence-electron chi connectivity index (χ1n) is 6.29. The van der Waals surface area contributed by atoms with Crippen LogP contribution in [0.25, 0.3) is 22.1 Å². The van der Waals surface area contributed by atoms with Gasteiger partial charge in [-0.3, -0.25) is 9.78 Å². The van der Waals surface area contributed by atoms with Crippen molar-refractivity contribution in [1.29, 1.82) is 0 Å². The third kappa shape index (κ3) is 2.84. The van der Waals surface area contributed by atoms with Gasteiger partial charge in [-0.15, -0.1) is 0 Å². The van der Waals surface area contributed by atoms with E-state index in [1.54, 1.807) is 24.5 Å². The number of hydrogen-bond donors (Lipinski definition) is 0. The molecule has 1 aromatic carbocycles. The zero-order valence-corrected chi connectivity index (χ0v) is 12.3. The first-order chi connectivity index (χ1) is 10.4. The monoisotopic (exact) mass is 317 g/mol. The molecule has 0 unspecified atom stereocenters. The molecule has 0 aliphatic carbocycles. The molecule has 0 bridgehead atoms. The number of fused-ring (bicyclic) bond motifs is 1. The molecule has 22 heavy (non-hydrogen) atoms. The van der Waals surface area contributed by atoms with Gasteiger partial charge < -0.3 is 8.60 Å². The SMILES string of the molecule is CS(=O)(=O)Oc1ccc2c(=O)c(-c3cccnc3)coc2c1. The van der Waals surface area contributed by atoms with E-state index in [4.69, 9.17) is 8.60 Å². The van der Waals surface area contributed by atoms with Crippen LogP contribution in [0.1, 0.15) is 0 Å². The Balaban J connectivity index is 2.14. The highest BCUT2D eigenvalue weighted by Crippen LogP contribution is 2.23. The third-order valence-electron chi connectivity index (χ3n) is 2.97. The average molecular weight is 317 g/mol. The van der Waals surface area contributed by atoms with E-state index in [0.717, 1.165) is 6.26 Å². The fourth-order valence-corrected chi connectivity index (χ4v) is 2.51. The van der Waals surface area contributed by atoms with Crippen molar-refractivity contribution in [2.24, 2.45) is 0 Å². The summed E-state index contributed by atoms with van der Waals surface area (Å²) in [4.78, 5) is 16.4. The van der Waals surface area contributed by atoms with E-state index in [2.05, 4.69) is 4.98 Å². The van der Waals surface area contributed by atoms with E-state index in [-0.39, 0.29) is 16.8 Å². The number of rotatable bonds is 3. The van der Waals surface area contributed by atoms with Crippen LogP contribution in [-0.2, 0) is 10.1 Å². The molecule has 0 atom stereocenters. The summed E-state index contributed by atoms with van der Waals surface area (Å²) in [5.74, 6) is 0.0901. The highest BCUT2D eigenvalue weighted by Gasteiger charge is 2.11. The molecular formula is C15H11NO5S. The van der Waals surface area contributed by atoms with E-state index >= 15 is 0 Å². The van der Waals surface area contributed by atoms with Crippen molar-refractivity contribution in [1.82, 2.24) is 4.98 Å². The molecule has 0 aliphatic heterocycles. The summed E-state index contributed by atoms with van der Waals surface area (Å²) in [6.07, 6.45) is 5.45. The fraction of sp³-hybridized carbons (Fsp3) is 0.0667. The number of benzene rings is 1. The molecule has 2 aromatic heterocycles. The van der Waals surface area contributed by atoms with Crippen LogP contribution < -0.4 is 9.61 Å². The molecule has 0 fully saturated rings. The molecule has 3 rings (SSSR count). The van der Waals surface area contributed by atoms with Gasteiger partial charge in [0.05, 0.1) is 17.2 Å². The summed E-state index contributed by atoms with van der Waals surface area (Å²) >= 11 is 0. The van der Waals surface area contributed by atoms with Crippen molar-refractivity contribution < 1.29 is 17.0 Å². The van der Waals surface area contributed by atoms with E-state index < -0.39 is 10.1 Å². The first kappa shape index (κ1) is 14.3. The molecule has 112 valence electrons. The van der Waals surface area contributed by atoms with Crippen LogP contribution >= 0.6 is 0 Å². The minimum absolute atomic E-state index is 0.0901. The van der Waals surface area contributed by atoms with Gasteiger partial charge in [-0.2, -0.15) is 8.42 Å². The lowest BCUT2D eigenvalue weighted by Gasteiger charge is -2.05. The van der Waals surface area contributed by atoms with Gasteiger partial charge in [-0.05, 0) is 18.2 Å². The van der Waals surface area contributed by atoms with Gasteiger partial charge in [-0.1, -0.05) is 6.07 Å². The quantitative estimate of drug-likeness (QED) is 0.688. The van der Waals surface area contributed by atoms with Crippen LogP contribution in [0.4, 0.5) is 0 Å². The number of pyridine rings is 1. The Bertz CT molecular complexity index is 993. The van der Waals surface area contributed by atoms with Crippen molar-refractivity contribution in [3.63, 3.8) is 0 Å². The normalized spacial score (nSPS) is 11.5. The second-order valence-electron chi connectivity index (χ2n) is 4.67. The molecule has 0 N–H and O–H groups in total. The van der Waals surface area contributed by atoms with Crippen molar-refractivity contribution in [2.45, 2.75) is 0 Å². The standard InChI is InChI=1S/C15H11NO5S/c1-22(18,19)21-11-4-5-12-14(7-11)20-9-13(15(12)17)10-3-2-6-16-8-10/h2-9H,1H3. The predicted molar refractivity (Wildman–Crippen MR) is 81.2 cm³/mol. The molecule has 0 aliphatic rings. The lowest BCUT2D eigenvalue weighted by atomic mass is 10.1. The van der Waals surface area contributed by atoms with Crippen LogP contribution in [0, 0.1) is 0 Å². The smallest absolute Gasteiger partial charge is 0.306 e. The van der Waals surface area contributed by atoms with Gasteiger partial charge in [0.1, 0.15) is 17.6 Å². The summed E-state index contributed by atoms with van der Waals surface area (Å²) in [7, 11) is -3.64. The highest BCUT2D eigenvalue weighted by atomic mass is 32.2. The van der Waals surface area contributed by atoms with Crippen LogP contribution in [0.5, 0.6) is 5.75 Å². The van der Waals surface area contributed by atoms with E-state index in [1.807, 2.05) is 0 Å². The molecule has 2 heterocycles. The lowest BCUT2D eigenvalue weighted by Crippen LogP contribution is -2.07. The summed E-state index contributed by atoms with van der Waals surface area (Å²) < 4.78 is 32.4. The maximum atomic E-state index is 12.5. The molecule has 0 radical (unpaired) electrons. The second-order valence-corrected chi connectivity index (χ2v) is 6.24. The zero-order valence-electron chi connectivity index (χ0n) is 11.5. The molecular weight excluding hydrogens is 306 g/mol. The molecule has 7 heteroatoms. The van der Waals surface area contributed by atoms with Crippen LogP contribution in [0.3, 0.4) is 0 Å². The van der Waals surface area contributed by atoms with Crippen LogP contribution in [-0.4, -0.2) is 19.7 Å². The molecule has 0 saturated heterocycles. The zero-order chi connectivity index (χ0) is 15.7. The predicted octanol–water partition coefficient (Wildman–Crippen LogP) is 2.19. The summed E-state index contributed by atoms with van der Waals surface area (Å²) in [5, 5.41) is 0.335. The molecule has 3 aromatic rings. The van der Waals surface area contributed by atoms with E-state index in [9.17, 15) is 13.2 Å². The van der Waals surface area contributed by atoms with Gasteiger partial charge in [0.15, 0.2) is 0 Å². The van der Waals surface area contributed by atoms with Gasteiger partial charge in [0.25, 0.3) is 0 Å². The maximum absolute atomic E-state index is 12.5. The van der Waals surface area contributed by atoms with Crippen molar-refractivity contribution in [3.05, 3.63) is 59.2 Å². The van der Waals surface area contributed by atoms with Crippen LogP contribution in [0.2, 0.25) is 0 Å². The number of nitrogens with zero attached hydrogens (tertiary/aromatic N) is 1. The molecule has 6 nitrogen and oxygen atoms in total. The number of aromatic nitrogens is 1. The topological polar surface area (TPSA) is 86.5 Å². The van der Waals surface area contributed by atoms with Crippen LogP contribution in [0.15, 0.2) is 58.2 Å². The Morgan fingerprint density at radius 1 is 1.23 bits per heavy atom. The molecule has 0 spiro atoms. The van der Waals surface area contributed by atoms with Gasteiger partial charge in [0.2, 0.25) is 5.43 Å². The van der Waals surface area contributed by atoms with Gasteiger partial charge in [0, 0.05) is 24.0 Å². The first-order valence-corrected chi connectivity index (χ1v) is 8.11. The summed E-state index contributed by atoms with van der Waals surface area (Å²) in [6, 6.07) is 7.73. The van der Waals surface area contributed by atoms with Gasteiger partial charge in [-0.25, -0.2) is 0 Å². The maximum Gasteiger partial charge on any atom is 0.306 e. The summed E-state index contributed by atoms with van der Waals surface area (Å²) in [6.45, 7) is 0. The fourth-order valence-electron chi connectivity index (χ4n) is 2.06. The Morgan fingerprint density at radius 2 is 2.05 bits per heavy atom. The Morgan fingerprint density at radius 3 is 2.73 bits per heavy atom. The van der Waals surface area contributed by atoms with Gasteiger partial charge >= 0.3 is 10.1 Å². The average Bonchev–Trinajstić information content (AvgIpc) is 2.47. The number of hydrogen-bond acceptors (Lipinski definition) is 6. The lowest BCUT2D eigenvalue weighted by molar-refractivity contribution is 0.492. The Kier molecular flexibility index (Phi) is 3.42. The molecule has 0 saturated carbocycles. The second kappa shape index (κ2) is 5.27. The van der Waals surface area contributed by atoms with E-state index in [0.29, 0.717) is 16.5 Å². The van der Waals surface area contributed by atoms with E-state index in [1.165, 1.54) is 24.5 Å².